The number of para-hydroxylation sites is 1. The number of hydrogen-bond acceptors (Lipinski definition) is 3. The van der Waals surface area contributed by atoms with Crippen molar-refractivity contribution in [2.75, 3.05) is 6.61 Å². The fourth-order valence-electron chi connectivity index (χ4n) is 2.24. The van der Waals surface area contributed by atoms with Crippen molar-refractivity contribution >= 4 is 15.9 Å². The Morgan fingerprint density at radius 3 is 2.80 bits per heavy atom. The summed E-state index contributed by atoms with van der Waals surface area (Å²) in [7, 11) is 0. The molecule has 0 aliphatic heterocycles. The van der Waals surface area contributed by atoms with E-state index in [1.807, 2.05) is 35.9 Å². The molecule has 0 radical (unpaired) electrons. The number of nitrogens with two attached hydrogens (primary N) is 1. The van der Waals surface area contributed by atoms with Crippen LogP contribution in [0.3, 0.4) is 0 Å². The van der Waals surface area contributed by atoms with E-state index in [0.717, 1.165) is 34.4 Å². The van der Waals surface area contributed by atoms with Crippen LogP contribution in [0.4, 0.5) is 0 Å². The van der Waals surface area contributed by atoms with E-state index >= 15 is 0 Å². The van der Waals surface area contributed by atoms with Crippen molar-refractivity contribution in [3.8, 4) is 5.75 Å². The maximum Gasteiger partial charge on any atom is 0.124 e. The van der Waals surface area contributed by atoms with Crippen LogP contribution in [-0.4, -0.2) is 16.4 Å². The average molecular weight is 338 g/mol. The number of aryl methyl sites for hydroxylation is 1. The van der Waals surface area contributed by atoms with Crippen molar-refractivity contribution in [1.29, 1.82) is 0 Å². The Hall–Kier alpha value is -1.33. The zero-order valence-electron chi connectivity index (χ0n) is 11.8. The van der Waals surface area contributed by atoms with E-state index < -0.39 is 0 Å². The Balaban J connectivity index is 2.41. The minimum Gasteiger partial charge on any atom is -0.494 e. The summed E-state index contributed by atoms with van der Waals surface area (Å²) in [6.07, 6.45) is 2.81. The Morgan fingerprint density at radius 1 is 1.35 bits per heavy atom. The van der Waals surface area contributed by atoms with Crippen LogP contribution in [0.5, 0.6) is 5.75 Å². The molecule has 1 aromatic carbocycles. The lowest BCUT2D eigenvalue weighted by atomic mass is 10.0. The SMILES string of the molecule is CCCn1ncc(Br)c1C(N)c1ccccc1OCC. The number of nitrogens with zero attached hydrogens (tertiary/aromatic N) is 2. The summed E-state index contributed by atoms with van der Waals surface area (Å²) in [5, 5.41) is 4.38. The molecular formula is C15H20BrN3O. The lowest BCUT2D eigenvalue weighted by Crippen LogP contribution is -2.19. The molecule has 0 bridgehead atoms. The molecule has 0 aliphatic carbocycles. The van der Waals surface area contributed by atoms with Gasteiger partial charge in [-0.3, -0.25) is 4.68 Å². The number of rotatable bonds is 6. The van der Waals surface area contributed by atoms with Gasteiger partial charge in [0.2, 0.25) is 0 Å². The smallest absolute Gasteiger partial charge is 0.124 e. The minimum atomic E-state index is -0.263. The van der Waals surface area contributed by atoms with E-state index in [9.17, 15) is 0 Å². The second-order valence-electron chi connectivity index (χ2n) is 4.55. The second-order valence-corrected chi connectivity index (χ2v) is 5.40. The lowest BCUT2D eigenvalue weighted by Gasteiger charge is -2.18. The number of aromatic nitrogens is 2. The molecule has 0 fully saturated rings. The fraction of sp³-hybridized carbons (Fsp3) is 0.400. The predicted octanol–water partition coefficient (Wildman–Crippen LogP) is 3.50. The highest BCUT2D eigenvalue weighted by molar-refractivity contribution is 9.10. The van der Waals surface area contributed by atoms with Gasteiger partial charge in [-0.1, -0.05) is 25.1 Å². The van der Waals surface area contributed by atoms with Crippen molar-refractivity contribution in [2.24, 2.45) is 5.73 Å². The third-order valence-electron chi connectivity index (χ3n) is 3.12. The monoisotopic (exact) mass is 337 g/mol. The standard InChI is InChI=1S/C15H20BrN3O/c1-3-9-19-15(12(16)10-18-19)14(17)11-7-5-6-8-13(11)20-4-2/h5-8,10,14H,3-4,9,17H2,1-2H3. The average Bonchev–Trinajstić information content (AvgIpc) is 2.81. The van der Waals surface area contributed by atoms with E-state index in [0.29, 0.717) is 6.61 Å². The van der Waals surface area contributed by atoms with Gasteiger partial charge in [0, 0.05) is 12.1 Å². The topological polar surface area (TPSA) is 53.1 Å². The molecule has 4 nitrogen and oxygen atoms in total. The summed E-state index contributed by atoms with van der Waals surface area (Å²) in [6, 6.07) is 7.63. The zero-order valence-corrected chi connectivity index (χ0v) is 13.4. The van der Waals surface area contributed by atoms with Crippen molar-refractivity contribution in [3.63, 3.8) is 0 Å². The maximum atomic E-state index is 6.45. The van der Waals surface area contributed by atoms with Gasteiger partial charge >= 0.3 is 0 Å². The summed E-state index contributed by atoms with van der Waals surface area (Å²) >= 11 is 3.54. The maximum absolute atomic E-state index is 6.45. The van der Waals surface area contributed by atoms with Crippen LogP contribution in [0.2, 0.25) is 0 Å². The van der Waals surface area contributed by atoms with E-state index in [2.05, 4.69) is 28.0 Å². The lowest BCUT2D eigenvalue weighted by molar-refractivity contribution is 0.335. The molecule has 1 heterocycles. The van der Waals surface area contributed by atoms with Crippen molar-refractivity contribution < 1.29 is 4.74 Å². The zero-order chi connectivity index (χ0) is 14.5. The molecule has 1 aromatic heterocycles. The summed E-state index contributed by atoms with van der Waals surface area (Å²) in [6.45, 7) is 5.57. The van der Waals surface area contributed by atoms with E-state index in [4.69, 9.17) is 10.5 Å². The Kier molecular flexibility index (Phi) is 5.20. The summed E-state index contributed by atoms with van der Waals surface area (Å²) in [5.74, 6) is 0.832. The fourth-order valence-corrected chi connectivity index (χ4v) is 2.79. The van der Waals surface area contributed by atoms with Gasteiger partial charge in [-0.05, 0) is 35.3 Å². The molecule has 0 spiro atoms. The third kappa shape index (κ3) is 3.04. The predicted molar refractivity (Wildman–Crippen MR) is 83.9 cm³/mol. The first kappa shape index (κ1) is 15.1. The van der Waals surface area contributed by atoms with Crippen LogP contribution in [-0.2, 0) is 6.54 Å². The molecule has 1 unspecified atom stereocenters. The van der Waals surface area contributed by atoms with E-state index in [1.54, 1.807) is 6.20 Å². The first-order valence-electron chi connectivity index (χ1n) is 6.87. The number of ether oxygens (including phenoxy) is 1. The van der Waals surface area contributed by atoms with Gasteiger partial charge in [-0.25, -0.2) is 0 Å². The molecule has 0 aliphatic rings. The molecule has 1 atom stereocenters. The van der Waals surface area contributed by atoms with Crippen molar-refractivity contribution in [3.05, 3.63) is 46.2 Å². The molecule has 108 valence electrons. The van der Waals surface area contributed by atoms with Gasteiger partial charge in [0.15, 0.2) is 0 Å². The first-order chi connectivity index (χ1) is 9.69. The number of halogens is 1. The highest BCUT2D eigenvalue weighted by Crippen LogP contribution is 2.32. The van der Waals surface area contributed by atoms with Crippen LogP contribution in [0.1, 0.15) is 37.6 Å². The number of benzene rings is 1. The molecule has 5 heteroatoms. The van der Waals surface area contributed by atoms with E-state index in [1.165, 1.54) is 0 Å². The summed E-state index contributed by atoms with van der Waals surface area (Å²) in [4.78, 5) is 0. The minimum absolute atomic E-state index is 0.263. The third-order valence-corrected chi connectivity index (χ3v) is 3.73. The Labute approximate surface area is 128 Å². The number of hydrogen-bond donors (Lipinski definition) is 1. The molecule has 2 aromatic rings. The van der Waals surface area contributed by atoms with Crippen LogP contribution in [0.15, 0.2) is 34.9 Å². The highest BCUT2D eigenvalue weighted by Gasteiger charge is 2.20. The molecular weight excluding hydrogens is 318 g/mol. The van der Waals surface area contributed by atoms with Gasteiger partial charge in [0.1, 0.15) is 5.75 Å². The summed E-state index contributed by atoms with van der Waals surface area (Å²) in [5.41, 5.74) is 8.42. The van der Waals surface area contributed by atoms with Gasteiger partial charge in [-0.2, -0.15) is 5.10 Å². The van der Waals surface area contributed by atoms with E-state index in [-0.39, 0.29) is 6.04 Å². The quantitative estimate of drug-likeness (QED) is 0.877. The van der Waals surface area contributed by atoms with Crippen molar-refractivity contribution in [1.82, 2.24) is 9.78 Å². The molecule has 0 saturated heterocycles. The highest BCUT2D eigenvalue weighted by atomic mass is 79.9. The molecule has 2 N–H and O–H groups in total. The molecule has 0 saturated carbocycles. The molecule has 0 amide bonds. The second kappa shape index (κ2) is 6.90. The van der Waals surface area contributed by atoms with Gasteiger partial charge in [0.05, 0.1) is 29.0 Å². The molecule has 2 rings (SSSR count). The van der Waals surface area contributed by atoms with Gasteiger partial charge < -0.3 is 10.5 Å². The van der Waals surface area contributed by atoms with Crippen LogP contribution in [0, 0.1) is 0 Å². The van der Waals surface area contributed by atoms with Gasteiger partial charge in [0.25, 0.3) is 0 Å². The van der Waals surface area contributed by atoms with Crippen LogP contribution >= 0.6 is 15.9 Å². The Bertz CT molecular complexity index is 568. The van der Waals surface area contributed by atoms with Crippen LogP contribution < -0.4 is 10.5 Å². The van der Waals surface area contributed by atoms with Crippen LogP contribution in [0.25, 0.3) is 0 Å². The van der Waals surface area contributed by atoms with Crippen molar-refractivity contribution in [2.45, 2.75) is 32.9 Å². The molecule has 20 heavy (non-hydrogen) atoms. The normalized spacial score (nSPS) is 12.4. The van der Waals surface area contributed by atoms with Gasteiger partial charge in [-0.15, -0.1) is 0 Å². The largest absolute Gasteiger partial charge is 0.494 e. The summed E-state index contributed by atoms with van der Waals surface area (Å²) < 4.78 is 8.56. The first-order valence-corrected chi connectivity index (χ1v) is 7.66. The Morgan fingerprint density at radius 2 is 2.10 bits per heavy atom.